The summed E-state index contributed by atoms with van der Waals surface area (Å²) in [6.07, 6.45) is 3.85. The van der Waals surface area contributed by atoms with Crippen LogP contribution in [0.1, 0.15) is 36.9 Å². The number of aromatic nitrogens is 1. The molecule has 1 aromatic rings. The number of hydrogen-bond donors (Lipinski definition) is 1. The lowest BCUT2D eigenvalue weighted by Crippen LogP contribution is -2.48. The van der Waals surface area contributed by atoms with Gasteiger partial charge in [0, 0.05) is 30.6 Å². The van der Waals surface area contributed by atoms with Crippen LogP contribution in [-0.4, -0.2) is 28.5 Å². The lowest BCUT2D eigenvalue weighted by molar-refractivity contribution is 0.0880. The van der Waals surface area contributed by atoms with E-state index in [1.165, 1.54) is 25.0 Å². The number of likely N-dealkylation sites (tertiary alicyclic amines) is 1. The summed E-state index contributed by atoms with van der Waals surface area (Å²) in [4.78, 5) is 7.07. The highest BCUT2D eigenvalue weighted by atomic mass is 32.1. The first-order valence-corrected chi connectivity index (χ1v) is 6.95. The number of piperidine rings is 1. The molecule has 0 bridgehead atoms. The molecular weight excluding hydrogens is 218 g/mol. The molecule has 1 saturated heterocycles. The number of rotatable bonds is 3. The Morgan fingerprint density at radius 2 is 2.38 bits per heavy atom. The third-order valence-electron chi connectivity index (χ3n) is 3.48. The van der Waals surface area contributed by atoms with Gasteiger partial charge in [-0.05, 0) is 26.7 Å². The molecule has 2 heterocycles. The van der Waals surface area contributed by atoms with Crippen molar-refractivity contribution in [2.45, 2.75) is 51.7 Å². The summed E-state index contributed by atoms with van der Waals surface area (Å²) < 4.78 is 0. The van der Waals surface area contributed by atoms with Crippen LogP contribution in [0.15, 0.2) is 5.38 Å². The van der Waals surface area contributed by atoms with Crippen LogP contribution in [0.25, 0.3) is 0 Å². The van der Waals surface area contributed by atoms with E-state index in [0.29, 0.717) is 12.1 Å². The smallest absolute Gasteiger partial charge is 0.0897 e. The number of nitrogens with two attached hydrogens (primary N) is 1. The van der Waals surface area contributed by atoms with Gasteiger partial charge in [-0.2, -0.15) is 0 Å². The maximum Gasteiger partial charge on any atom is 0.0897 e. The van der Waals surface area contributed by atoms with Crippen molar-refractivity contribution < 1.29 is 0 Å². The largest absolute Gasteiger partial charge is 0.329 e. The molecule has 2 atom stereocenters. The molecule has 0 aliphatic carbocycles. The first-order chi connectivity index (χ1) is 7.70. The molecule has 0 saturated carbocycles. The van der Waals surface area contributed by atoms with Crippen LogP contribution >= 0.6 is 11.3 Å². The number of thiazole rings is 1. The normalized spacial score (nSPS) is 27.2. The topological polar surface area (TPSA) is 42.2 Å². The lowest BCUT2D eigenvalue weighted by atomic mass is 9.96. The highest BCUT2D eigenvalue weighted by molar-refractivity contribution is 7.09. The van der Waals surface area contributed by atoms with Gasteiger partial charge in [0.25, 0.3) is 0 Å². The molecule has 16 heavy (non-hydrogen) atoms. The predicted octanol–water partition coefficient (Wildman–Crippen LogP) is 2.15. The molecular formula is C12H21N3S. The van der Waals surface area contributed by atoms with Crippen molar-refractivity contribution in [1.82, 2.24) is 9.88 Å². The van der Waals surface area contributed by atoms with Crippen molar-refractivity contribution in [3.8, 4) is 0 Å². The molecule has 1 aliphatic rings. The monoisotopic (exact) mass is 239 g/mol. The average molecular weight is 239 g/mol. The van der Waals surface area contributed by atoms with Crippen molar-refractivity contribution in [2.75, 3.05) is 6.54 Å². The SMILES string of the molecule is Cc1nc(CN2C(C)CCCC2CN)cs1. The number of aryl methyl sites for hydroxylation is 1. The van der Waals surface area contributed by atoms with Gasteiger partial charge in [0.1, 0.15) is 0 Å². The first-order valence-electron chi connectivity index (χ1n) is 6.07. The Kier molecular flexibility index (Phi) is 3.95. The zero-order valence-corrected chi connectivity index (χ0v) is 11.0. The van der Waals surface area contributed by atoms with E-state index in [1.54, 1.807) is 11.3 Å². The van der Waals surface area contributed by atoms with Crippen molar-refractivity contribution >= 4 is 11.3 Å². The van der Waals surface area contributed by atoms with E-state index >= 15 is 0 Å². The zero-order chi connectivity index (χ0) is 11.5. The molecule has 0 radical (unpaired) electrons. The van der Waals surface area contributed by atoms with Gasteiger partial charge in [0.15, 0.2) is 0 Å². The second kappa shape index (κ2) is 5.25. The van der Waals surface area contributed by atoms with Gasteiger partial charge in [-0.15, -0.1) is 11.3 Å². The summed E-state index contributed by atoms with van der Waals surface area (Å²) in [6.45, 7) is 6.11. The molecule has 90 valence electrons. The van der Waals surface area contributed by atoms with Crippen molar-refractivity contribution in [3.63, 3.8) is 0 Å². The summed E-state index contributed by atoms with van der Waals surface area (Å²) in [6, 6.07) is 1.19. The second-order valence-electron chi connectivity index (χ2n) is 4.70. The molecule has 0 spiro atoms. The molecule has 2 rings (SSSR count). The van der Waals surface area contributed by atoms with Crippen LogP contribution in [0.2, 0.25) is 0 Å². The van der Waals surface area contributed by atoms with Crippen LogP contribution in [0.3, 0.4) is 0 Å². The van der Waals surface area contributed by atoms with Crippen molar-refractivity contribution in [3.05, 3.63) is 16.1 Å². The van der Waals surface area contributed by atoms with E-state index in [2.05, 4.69) is 29.1 Å². The van der Waals surface area contributed by atoms with Gasteiger partial charge >= 0.3 is 0 Å². The maximum absolute atomic E-state index is 5.86. The van der Waals surface area contributed by atoms with Gasteiger partial charge in [0.2, 0.25) is 0 Å². The minimum Gasteiger partial charge on any atom is -0.329 e. The molecule has 2 N–H and O–H groups in total. The van der Waals surface area contributed by atoms with Gasteiger partial charge in [-0.3, -0.25) is 4.90 Å². The summed E-state index contributed by atoms with van der Waals surface area (Å²) in [7, 11) is 0. The summed E-state index contributed by atoms with van der Waals surface area (Å²) >= 11 is 1.73. The lowest BCUT2D eigenvalue weighted by Gasteiger charge is -2.39. The Labute approximate surface area is 102 Å². The van der Waals surface area contributed by atoms with E-state index in [1.807, 2.05) is 0 Å². The summed E-state index contributed by atoms with van der Waals surface area (Å²) in [5.74, 6) is 0. The van der Waals surface area contributed by atoms with Crippen molar-refractivity contribution in [1.29, 1.82) is 0 Å². The highest BCUT2D eigenvalue weighted by Crippen LogP contribution is 2.24. The third kappa shape index (κ3) is 2.62. The molecule has 4 heteroatoms. The summed E-state index contributed by atoms with van der Waals surface area (Å²) in [5.41, 5.74) is 7.06. The Balaban J connectivity index is 2.05. The quantitative estimate of drug-likeness (QED) is 0.879. The molecule has 2 unspecified atom stereocenters. The first kappa shape index (κ1) is 12.0. The second-order valence-corrected chi connectivity index (χ2v) is 5.76. The van der Waals surface area contributed by atoms with Crippen LogP contribution in [-0.2, 0) is 6.54 Å². The standard InChI is InChI=1S/C12H21N3S/c1-9-4-3-5-12(6-13)15(9)7-11-8-16-10(2)14-11/h8-9,12H,3-7,13H2,1-2H3. The fourth-order valence-corrected chi connectivity index (χ4v) is 3.15. The number of nitrogens with zero attached hydrogens (tertiary/aromatic N) is 2. The van der Waals surface area contributed by atoms with Crippen molar-refractivity contribution in [2.24, 2.45) is 5.73 Å². The van der Waals surface area contributed by atoms with Crippen LogP contribution < -0.4 is 5.73 Å². The Bertz CT molecular complexity index is 337. The Morgan fingerprint density at radius 1 is 1.56 bits per heavy atom. The molecule has 1 aromatic heterocycles. The summed E-state index contributed by atoms with van der Waals surface area (Å²) in [5, 5.41) is 3.33. The van der Waals surface area contributed by atoms with Gasteiger partial charge in [-0.25, -0.2) is 4.98 Å². The van der Waals surface area contributed by atoms with Gasteiger partial charge in [0.05, 0.1) is 10.7 Å². The molecule has 1 aliphatic heterocycles. The van der Waals surface area contributed by atoms with E-state index in [0.717, 1.165) is 18.1 Å². The van der Waals surface area contributed by atoms with E-state index in [4.69, 9.17) is 5.73 Å². The fourth-order valence-electron chi connectivity index (χ4n) is 2.55. The molecule has 0 amide bonds. The molecule has 3 nitrogen and oxygen atoms in total. The van der Waals surface area contributed by atoms with E-state index in [-0.39, 0.29) is 0 Å². The Morgan fingerprint density at radius 3 is 3.00 bits per heavy atom. The molecule has 1 fully saturated rings. The maximum atomic E-state index is 5.86. The molecule has 0 aromatic carbocycles. The van der Waals surface area contributed by atoms with Gasteiger partial charge in [-0.1, -0.05) is 6.42 Å². The minimum absolute atomic E-state index is 0.547. The minimum atomic E-state index is 0.547. The Hall–Kier alpha value is -0.450. The predicted molar refractivity (Wildman–Crippen MR) is 68.5 cm³/mol. The van der Waals surface area contributed by atoms with Crippen LogP contribution in [0.5, 0.6) is 0 Å². The zero-order valence-electron chi connectivity index (χ0n) is 10.1. The average Bonchev–Trinajstić information content (AvgIpc) is 2.67. The van der Waals surface area contributed by atoms with Gasteiger partial charge < -0.3 is 5.73 Å². The number of hydrogen-bond acceptors (Lipinski definition) is 4. The van der Waals surface area contributed by atoms with Crippen LogP contribution in [0, 0.1) is 6.92 Å². The fraction of sp³-hybridized carbons (Fsp3) is 0.750. The van der Waals surface area contributed by atoms with E-state index in [9.17, 15) is 0 Å². The third-order valence-corrected chi connectivity index (χ3v) is 4.30. The van der Waals surface area contributed by atoms with Crippen LogP contribution in [0.4, 0.5) is 0 Å². The highest BCUT2D eigenvalue weighted by Gasteiger charge is 2.27. The van der Waals surface area contributed by atoms with E-state index < -0.39 is 0 Å².